The van der Waals surface area contributed by atoms with Crippen molar-refractivity contribution >= 4 is 5.91 Å². The highest BCUT2D eigenvalue weighted by Crippen LogP contribution is 2.59. The Morgan fingerprint density at radius 3 is 2.78 bits per heavy atom. The van der Waals surface area contributed by atoms with Gasteiger partial charge in [0, 0.05) is 32.2 Å². The van der Waals surface area contributed by atoms with E-state index in [-0.39, 0.29) is 23.5 Å². The van der Waals surface area contributed by atoms with Crippen molar-refractivity contribution < 1.29 is 19.1 Å². The quantitative estimate of drug-likeness (QED) is 0.774. The largest absolute Gasteiger partial charge is 0.381 e. The van der Waals surface area contributed by atoms with Crippen LogP contribution in [0, 0.1) is 11.3 Å². The van der Waals surface area contributed by atoms with Crippen LogP contribution >= 0.6 is 0 Å². The van der Waals surface area contributed by atoms with Crippen LogP contribution in [0.25, 0.3) is 0 Å². The maximum absolute atomic E-state index is 12.0. The number of carbonyl (C=O) groups is 1. The molecule has 0 unspecified atom stereocenters. The van der Waals surface area contributed by atoms with E-state index in [0.717, 1.165) is 58.3 Å². The maximum Gasteiger partial charge on any atom is 0.247 e. The van der Waals surface area contributed by atoms with Crippen LogP contribution in [0.15, 0.2) is 0 Å². The minimum atomic E-state index is -0.257. The monoisotopic (exact) mass is 255 g/mol. The van der Waals surface area contributed by atoms with E-state index < -0.39 is 0 Å². The molecule has 0 radical (unpaired) electrons. The summed E-state index contributed by atoms with van der Waals surface area (Å²) in [6.45, 7) is 2.30. The zero-order valence-electron chi connectivity index (χ0n) is 10.7. The fourth-order valence-electron chi connectivity index (χ4n) is 3.05. The Bertz CT molecular complexity index is 308. The minimum absolute atomic E-state index is 0.0195. The molecule has 2 saturated heterocycles. The number of hydrogen-bond acceptors (Lipinski definition) is 4. The molecule has 3 aliphatic rings. The summed E-state index contributed by atoms with van der Waals surface area (Å²) in [5.41, 5.74) is 2.79. The van der Waals surface area contributed by atoms with E-state index >= 15 is 0 Å². The van der Waals surface area contributed by atoms with Crippen molar-refractivity contribution in [2.24, 2.45) is 11.3 Å². The minimum Gasteiger partial charge on any atom is -0.381 e. The van der Waals surface area contributed by atoms with Gasteiger partial charge in [-0.05, 0) is 37.5 Å². The molecule has 1 aliphatic carbocycles. The average molecular weight is 255 g/mol. The van der Waals surface area contributed by atoms with Crippen molar-refractivity contribution in [2.45, 2.75) is 44.8 Å². The number of rotatable bonds is 3. The van der Waals surface area contributed by atoms with E-state index in [1.54, 1.807) is 0 Å². The summed E-state index contributed by atoms with van der Waals surface area (Å²) in [6.07, 6.45) is 5.79. The molecule has 1 N–H and O–H groups in total. The first kappa shape index (κ1) is 12.4. The van der Waals surface area contributed by atoms with Gasteiger partial charge in [0.25, 0.3) is 0 Å². The first-order valence-corrected chi connectivity index (χ1v) is 6.95. The SMILES string of the molecule is O=C(NO[C@H]1CCCCO1)[C@H]1CC12CCOCC2. The number of amides is 1. The van der Waals surface area contributed by atoms with Gasteiger partial charge < -0.3 is 9.47 Å². The second-order valence-corrected chi connectivity index (χ2v) is 5.61. The van der Waals surface area contributed by atoms with Gasteiger partial charge in [0.1, 0.15) is 0 Å². The van der Waals surface area contributed by atoms with Crippen molar-refractivity contribution in [3.05, 3.63) is 0 Å². The van der Waals surface area contributed by atoms with Crippen LogP contribution in [-0.4, -0.2) is 32.0 Å². The predicted molar refractivity (Wildman–Crippen MR) is 63.4 cm³/mol. The molecule has 2 atom stereocenters. The molecule has 1 saturated carbocycles. The summed E-state index contributed by atoms with van der Waals surface area (Å²) in [5.74, 6) is 0.135. The third kappa shape index (κ3) is 2.53. The molecule has 1 spiro atoms. The standard InChI is InChI=1S/C13H21NO4/c15-12(14-18-11-3-1-2-6-17-11)10-9-13(10)4-7-16-8-5-13/h10-11H,1-9H2,(H,14,15)/t10-,11+/m1/s1. The van der Waals surface area contributed by atoms with Crippen LogP contribution in [0.1, 0.15) is 38.5 Å². The fraction of sp³-hybridized carbons (Fsp3) is 0.923. The zero-order chi connectivity index (χ0) is 12.4. The van der Waals surface area contributed by atoms with Crippen molar-refractivity contribution in [1.29, 1.82) is 0 Å². The lowest BCUT2D eigenvalue weighted by molar-refractivity contribution is -0.201. The third-order valence-electron chi connectivity index (χ3n) is 4.42. The van der Waals surface area contributed by atoms with Gasteiger partial charge in [-0.25, -0.2) is 10.3 Å². The fourth-order valence-corrected chi connectivity index (χ4v) is 3.05. The number of ether oxygens (including phenoxy) is 2. The summed E-state index contributed by atoms with van der Waals surface area (Å²) in [4.78, 5) is 17.3. The molecule has 0 aromatic rings. The van der Waals surface area contributed by atoms with Gasteiger partial charge in [-0.15, -0.1) is 0 Å². The Balaban J connectivity index is 1.42. The van der Waals surface area contributed by atoms with Gasteiger partial charge >= 0.3 is 0 Å². The van der Waals surface area contributed by atoms with Crippen LogP contribution in [0.4, 0.5) is 0 Å². The third-order valence-corrected chi connectivity index (χ3v) is 4.42. The topological polar surface area (TPSA) is 56.8 Å². The molecule has 0 bridgehead atoms. The number of hydrogen-bond donors (Lipinski definition) is 1. The Morgan fingerprint density at radius 1 is 1.22 bits per heavy atom. The van der Waals surface area contributed by atoms with E-state index in [4.69, 9.17) is 14.3 Å². The second-order valence-electron chi connectivity index (χ2n) is 5.61. The molecule has 3 fully saturated rings. The average Bonchev–Trinajstić information content (AvgIpc) is 3.12. The lowest BCUT2D eigenvalue weighted by atomic mass is 9.94. The number of nitrogens with one attached hydrogen (secondary N) is 1. The molecule has 18 heavy (non-hydrogen) atoms. The van der Waals surface area contributed by atoms with E-state index in [9.17, 15) is 4.79 Å². The molecular formula is C13H21NO4. The maximum atomic E-state index is 12.0. The molecule has 0 aromatic heterocycles. The van der Waals surface area contributed by atoms with Gasteiger partial charge in [0.15, 0.2) is 6.29 Å². The summed E-state index contributed by atoms with van der Waals surface area (Å²) in [7, 11) is 0. The van der Waals surface area contributed by atoms with Gasteiger partial charge in [0.2, 0.25) is 5.91 Å². The van der Waals surface area contributed by atoms with E-state index in [1.807, 2.05) is 0 Å². The normalized spacial score (nSPS) is 34.2. The Hall–Kier alpha value is -0.650. The molecule has 5 heteroatoms. The molecule has 102 valence electrons. The summed E-state index contributed by atoms with van der Waals surface area (Å²) < 4.78 is 10.8. The van der Waals surface area contributed by atoms with Crippen LogP contribution in [0.2, 0.25) is 0 Å². The van der Waals surface area contributed by atoms with Gasteiger partial charge in [-0.2, -0.15) is 0 Å². The Morgan fingerprint density at radius 2 is 2.06 bits per heavy atom. The van der Waals surface area contributed by atoms with Crippen molar-refractivity contribution in [3.8, 4) is 0 Å². The lowest BCUT2D eigenvalue weighted by Gasteiger charge is -2.24. The van der Waals surface area contributed by atoms with Gasteiger partial charge in [0.05, 0.1) is 0 Å². The highest BCUT2D eigenvalue weighted by Gasteiger charge is 2.58. The van der Waals surface area contributed by atoms with Crippen LogP contribution < -0.4 is 5.48 Å². The number of carbonyl (C=O) groups excluding carboxylic acids is 1. The predicted octanol–water partition coefficient (Wildman–Crippen LogP) is 1.38. The molecule has 1 amide bonds. The first-order chi connectivity index (χ1) is 8.80. The van der Waals surface area contributed by atoms with Gasteiger partial charge in [-0.1, -0.05) is 0 Å². The molecule has 5 nitrogen and oxygen atoms in total. The van der Waals surface area contributed by atoms with Crippen molar-refractivity contribution in [3.63, 3.8) is 0 Å². The summed E-state index contributed by atoms with van der Waals surface area (Å²) in [6, 6.07) is 0. The van der Waals surface area contributed by atoms with Gasteiger partial charge in [-0.3, -0.25) is 4.79 Å². The highest BCUT2D eigenvalue weighted by atomic mass is 16.8. The Labute approximate surface area is 107 Å². The van der Waals surface area contributed by atoms with Crippen molar-refractivity contribution in [1.82, 2.24) is 5.48 Å². The highest BCUT2D eigenvalue weighted by molar-refractivity contribution is 5.81. The van der Waals surface area contributed by atoms with E-state index in [2.05, 4.69) is 5.48 Å². The van der Waals surface area contributed by atoms with E-state index in [0.29, 0.717) is 0 Å². The molecule has 2 heterocycles. The van der Waals surface area contributed by atoms with Crippen molar-refractivity contribution in [2.75, 3.05) is 19.8 Å². The molecular weight excluding hydrogens is 234 g/mol. The second kappa shape index (κ2) is 5.15. The first-order valence-electron chi connectivity index (χ1n) is 6.95. The van der Waals surface area contributed by atoms with Crippen LogP contribution in [0.5, 0.6) is 0 Å². The molecule has 0 aromatic carbocycles. The smallest absolute Gasteiger partial charge is 0.247 e. The van der Waals surface area contributed by atoms with E-state index in [1.165, 1.54) is 0 Å². The lowest BCUT2D eigenvalue weighted by Crippen LogP contribution is -2.35. The van der Waals surface area contributed by atoms with Crippen LogP contribution in [0.3, 0.4) is 0 Å². The zero-order valence-corrected chi connectivity index (χ0v) is 10.7. The molecule has 2 aliphatic heterocycles. The summed E-state index contributed by atoms with van der Waals surface area (Å²) >= 11 is 0. The summed E-state index contributed by atoms with van der Waals surface area (Å²) in [5, 5.41) is 0. The number of hydroxylamine groups is 1. The van der Waals surface area contributed by atoms with Crippen LogP contribution in [-0.2, 0) is 19.1 Å². The Kier molecular flexibility index (Phi) is 3.54. The molecule has 3 rings (SSSR count).